The van der Waals surface area contributed by atoms with E-state index in [4.69, 9.17) is 4.52 Å². The Morgan fingerprint density at radius 3 is 2.41 bits per heavy atom. The molecule has 0 spiro atoms. The zero-order chi connectivity index (χ0) is 26.5. The van der Waals surface area contributed by atoms with Crippen molar-refractivity contribution in [3.05, 3.63) is 83.2 Å². The number of aromatic nitrogens is 5. The lowest BCUT2D eigenvalue weighted by atomic mass is 10.0. The fraction of sp³-hybridized carbons (Fsp3) is 0.130. The second kappa shape index (κ2) is 8.64. The molecule has 0 radical (unpaired) electrons. The standard InChI is InChI=1S/C23H11F8N5O/c24-16-3-1-2-14(19(16)25)20-32-17-6-7-36(34-21(17)33-20)10-12-9-18(35-37-12)13-5-4-11(22(26,27)28)8-15(13)23(29,30)31/h1-9H,10H2/p+1. The van der Waals surface area contributed by atoms with Gasteiger partial charge in [-0.2, -0.15) is 26.3 Å². The van der Waals surface area contributed by atoms with E-state index in [9.17, 15) is 35.1 Å². The van der Waals surface area contributed by atoms with Crippen LogP contribution in [0.25, 0.3) is 33.8 Å². The zero-order valence-electron chi connectivity index (χ0n) is 18.1. The van der Waals surface area contributed by atoms with Crippen LogP contribution in [-0.4, -0.2) is 20.2 Å². The average molecular weight is 526 g/mol. The highest BCUT2D eigenvalue weighted by Crippen LogP contribution is 2.40. The van der Waals surface area contributed by atoms with Gasteiger partial charge >= 0.3 is 12.4 Å². The van der Waals surface area contributed by atoms with Crippen LogP contribution in [0.1, 0.15) is 16.9 Å². The highest BCUT2D eigenvalue weighted by Gasteiger charge is 2.39. The Labute approximate surface area is 201 Å². The molecule has 0 aliphatic heterocycles. The van der Waals surface area contributed by atoms with E-state index in [1.807, 2.05) is 0 Å². The van der Waals surface area contributed by atoms with Gasteiger partial charge in [0.2, 0.25) is 18.0 Å². The summed E-state index contributed by atoms with van der Waals surface area (Å²) in [6.45, 7) is -0.124. The molecule has 0 amide bonds. The van der Waals surface area contributed by atoms with Crippen LogP contribution in [0.15, 0.2) is 59.3 Å². The summed E-state index contributed by atoms with van der Waals surface area (Å²) in [4.78, 5) is 6.97. The van der Waals surface area contributed by atoms with Crippen molar-refractivity contribution < 1.29 is 44.3 Å². The molecule has 3 heterocycles. The van der Waals surface area contributed by atoms with Crippen molar-refractivity contribution in [2.75, 3.05) is 0 Å². The Hall–Kier alpha value is -4.36. The molecule has 190 valence electrons. The minimum atomic E-state index is -5.07. The fourth-order valence-electron chi connectivity index (χ4n) is 3.64. The maximum absolute atomic E-state index is 14.1. The Balaban J connectivity index is 1.44. The molecule has 0 atom stereocenters. The van der Waals surface area contributed by atoms with Crippen molar-refractivity contribution in [2.45, 2.75) is 18.9 Å². The molecule has 0 fully saturated rings. The molecule has 0 bridgehead atoms. The van der Waals surface area contributed by atoms with E-state index >= 15 is 0 Å². The quantitative estimate of drug-likeness (QED) is 0.233. The third-order valence-electron chi connectivity index (χ3n) is 5.36. The van der Waals surface area contributed by atoms with E-state index in [1.54, 1.807) is 0 Å². The van der Waals surface area contributed by atoms with Gasteiger partial charge in [-0.25, -0.2) is 13.8 Å². The minimum Gasteiger partial charge on any atom is -0.354 e. The molecule has 37 heavy (non-hydrogen) atoms. The van der Waals surface area contributed by atoms with Gasteiger partial charge in [0, 0.05) is 22.8 Å². The van der Waals surface area contributed by atoms with Crippen LogP contribution in [0.5, 0.6) is 0 Å². The van der Waals surface area contributed by atoms with Crippen molar-refractivity contribution in [1.29, 1.82) is 0 Å². The van der Waals surface area contributed by atoms with Crippen molar-refractivity contribution >= 4 is 11.2 Å². The summed E-state index contributed by atoms with van der Waals surface area (Å²) in [5, 5.41) is 7.79. The number of aromatic amines is 1. The van der Waals surface area contributed by atoms with Gasteiger partial charge in [-0.3, -0.25) is 0 Å². The summed E-state index contributed by atoms with van der Waals surface area (Å²) < 4.78 is 113. The Morgan fingerprint density at radius 1 is 0.892 bits per heavy atom. The number of benzene rings is 2. The number of H-pyrrole nitrogens is 1. The van der Waals surface area contributed by atoms with Gasteiger partial charge < -0.3 is 9.51 Å². The summed E-state index contributed by atoms with van der Waals surface area (Å²) >= 11 is 0. The number of hydrogen-bond donors (Lipinski definition) is 1. The minimum absolute atomic E-state index is 0.0184. The molecular weight excluding hydrogens is 514 g/mol. The number of fused-ring (bicyclic) bond motifs is 1. The molecule has 2 aromatic carbocycles. The second-order valence-corrected chi connectivity index (χ2v) is 7.87. The van der Waals surface area contributed by atoms with Crippen LogP contribution in [0.4, 0.5) is 35.1 Å². The Kier molecular flexibility index (Phi) is 5.68. The van der Waals surface area contributed by atoms with Crippen LogP contribution in [-0.2, 0) is 18.9 Å². The van der Waals surface area contributed by atoms with E-state index in [2.05, 4.69) is 20.2 Å². The molecule has 14 heteroatoms. The monoisotopic (exact) mass is 526 g/mol. The smallest absolute Gasteiger partial charge is 0.354 e. The molecule has 0 saturated carbocycles. The van der Waals surface area contributed by atoms with Crippen LogP contribution in [0.2, 0.25) is 0 Å². The summed E-state index contributed by atoms with van der Waals surface area (Å²) in [6.07, 6.45) is -8.56. The number of halogens is 8. The molecule has 5 rings (SSSR count). The molecular formula is C23H12F8N5O+. The average Bonchev–Trinajstić information content (AvgIpc) is 3.46. The molecule has 3 aromatic heterocycles. The van der Waals surface area contributed by atoms with Gasteiger partial charge in [0.15, 0.2) is 17.8 Å². The predicted molar refractivity (Wildman–Crippen MR) is 110 cm³/mol. The van der Waals surface area contributed by atoms with E-state index in [-0.39, 0.29) is 41.1 Å². The van der Waals surface area contributed by atoms with Gasteiger partial charge in [0.25, 0.3) is 0 Å². The molecule has 1 N–H and O–H groups in total. The van der Waals surface area contributed by atoms with Gasteiger partial charge in [0.1, 0.15) is 11.5 Å². The Morgan fingerprint density at radius 2 is 1.68 bits per heavy atom. The molecule has 0 aliphatic rings. The summed E-state index contributed by atoms with van der Waals surface area (Å²) in [5.74, 6) is -2.07. The maximum Gasteiger partial charge on any atom is 0.417 e. The third kappa shape index (κ3) is 4.73. The first-order valence-electron chi connectivity index (χ1n) is 10.4. The SMILES string of the molecule is Fc1cccc(-c2nc3n[n+](Cc4cc(-c5ccc(C(F)(F)F)cc5C(F)(F)F)no4)ccc3[nH]2)c1F. The second-order valence-electron chi connectivity index (χ2n) is 7.87. The topological polar surface area (TPSA) is 71.5 Å². The van der Waals surface area contributed by atoms with Crippen LogP contribution in [0, 0.1) is 11.6 Å². The zero-order valence-corrected chi connectivity index (χ0v) is 18.1. The van der Waals surface area contributed by atoms with Crippen molar-refractivity contribution in [1.82, 2.24) is 20.2 Å². The summed E-state index contributed by atoms with van der Waals surface area (Å²) in [5.41, 5.74) is -3.45. The van der Waals surface area contributed by atoms with E-state index < -0.39 is 40.7 Å². The number of nitrogens with zero attached hydrogens (tertiary/aromatic N) is 4. The molecule has 0 saturated heterocycles. The van der Waals surface area contributed by atoms with Crippen LogP contribution >= 0.6 is 0 Å². The lowest BCUT2D eigenvalue weighted by molar-refractivity contribution is -0.745. The van der Waals surface area contributed by atoms with Crippen molar-refractivity contribution in [3.63, 3.8) is 0 Å². The van der Waals surface area contributed by atoms with Crippen LogP contribution < -0.4 is 4.68 Å². The Bertz CT molecular complexity index is 1620. The van der Waals surface area contributed by atoms with E-state index in [1.165, 1.54) is 29.1 Å². The number of imidazole rings is 1. The molecule has 0 aliphatic carbocycles. The summed E-state index contributed by atoms with van der Waals surface area (Å²) in [6, 6.07) is 7.51. The number of nitrogens with one attached hydrogen (secondary N) is 1. The number of rotatable bonds is 4. The highest BCUT2D eigenvalue weighted by atomic mass is 19.4. The highest BCUT2D eigenvalue weighted by molar-refractivity contribution is 5.74. The van der Waals surface area contributed by atoms with Crippen LogP contribution in [0.3, 0.4) is 0 Å². The predicted octanol–water partition coefficient (Wildman–Crippen LogP) is 5.93. The van der Waals surface area contributed by atoms with E-state index in [0.717, 1.165) is 12.1 Å². The molecule has 6 nitrogen and oxygen atoms in total. The first-order chi connectivity index (χ1) is 17.4. The molecule has 0 unspecified atom stereocenters. The van der Waals surface area contributed by atoms with Gasteiger partial charge in [0.05, 0.1) is 22.2 Å². The third-order valence-corrected chi connectivity index (χ3v) is 5.36. The lowest BCUT2D eigenvalue weighted by Crippen LogP contribution is -2.37. The van der Waals surface area contributed by atoms with Gasteiger partial charge in [-0.15, -0.1) is 0 Å². The first-order valence-corrected chi connectivity index (χ1v) is 10.4. The fourth-order valence-corrected chi connectivity index (χ4v) is 3.64. The number of alkyl halides is 6. The first kappa shape index (κ1) is 24.3. The lowest BCUT2D eigenvalue weighted by Gasteiger charge is -2.14. The van der Waals surface area contributed by atoms with Crippen molar-refractivity contribution in [3.8, 4) is 22.6 Å². The van der Waals surface area contributed by atoms with Gasteiger partial charge in [-0.1, -0.05) is 22.0 Å². The van der Waals surface area contributed by atoms with Gasteiger partial charge in [-0.05, 0) is 24.3 Å². The largest absolute Gasteiger partial charge is 0.417 e. The van der Waals surface area contributed by atoms with Crippen molar-refractivity contribution in [2.24, 2.45) is 0 Å². The molecule has 5 aromatic rings. The normalized spacial score (nSPS) is 12.4. The summed E-state index contributed by atoms with van der Waals surface area (Å²) in [7, 11) is 0. The number of hydrogen-bond acceptors (Lipinski definition) is 4. The maximum atomic E-state index is 14.1. The van der Waals surface area contributed by atoms with E-state index in [0.29, 0.717) is 17.6 Å².